The number of piperidine rings is 1. The number of alkyl carbamates (subject to hydrolysis) is 1. The Morgan fingerprint density at radius 3 is 2.33 bits per heavy atom. The molecule has 0 radical (unpaired) electrons. The summed E-state index contributed by atoms with van der Waals surface area (Å²) in [6.45, 7) is 7.71. The van der Waals surface area contributed by atoms with Gasteiger partial charge in [0.1, 0.15) is 37.1 Å². The van der Waals surface area contributed by atoms with Gasteiger partial charge in [0.2, 0.25) is 11.8 Å². The van der Waals surface area contributed by atoms with Crippen LogP contribution in [-0.4, -0.2) is 70.2 Å². The molecular weight excluding hydrogens is 612 g/mol. The van der Waals surface area contributed by atoms with E-state index < -0.39 is 41.7 Å². The van der Waals surface area contributed by atoms with Crippen molar-refractivity contribution in [3.05, 3.63) is 95.8 Å². The maximum atomic E-state index is 14.3. The number of benzene rings is 2. The molecule has 6 atom stereocenters. The van der Waals surface area contributed by atoms with Gasteiger partial charge in [-0.2, -0.15) is 0 Å². The first-order chi connectivity index (χ1) is 22.9. The molecule has 1 saturated carbocycles. The molecule has 2 aromatic rings. The summed E-state index contributed by atoms with van der Waals surface area (Å²) in [5, 5.41) is 5.58. The van der Waals surface area contributed by atoms with Gasteiger partial charge in [-0.05, 0) is 63.7 Å². The van der Waals surface area contributed by atoms with Crippen molar-refractivity contribution in [1.29, 1.82) is 0 Å². The van der Waals surface area contributed by atoms with Crippen molar-refractivity contribution in [2.24, 2.45) is 11.3 Å². The fourth-order valence-electron chi connectivity index (χ4n) is 7.22. The number of hydrogen-bond acceptors (Lipinski definition) is 8. The number of carbonyl (C=O) groups is 4. The Morgan fingerprint density at radius 2 is 1.67 bits per heavy atom. The molecule has 2 saturated heterocycles. The quantitative estimate of drug-likeness (QED) is 0.361. The van der Waals surface area contributed by atoms with Gasteiger partial charge < -0.3 is 34.6 Å². The van der Waals surface area contributed by atoms with Gasteiger partial charge in [0, 0.05) is 29.8 Å². The van der Waals surface area contributed by atoms with E-state index in [0.29, 0.717) is 26.2 Å². The number of ether oxygens (including phenoxy) is 3. The summed E-state index contributed by atoms with van der Waals surface area (Å²) in [6, 6.07) is 16.3. The van der Waals surface area contributed by atoms with E-state index in [0.717, 1.165) is 16.7 Å². The van der Waals surface area contributed by atoms with Crippen molar-refractivity contribution in [3.63, 3.8) is 0 Å². The summed E-state index contributed by atoms with van der Waals surface area (Å²) in [6.07, 6.45) is 6.82. The molecule has 2 aromatic carbocycles. The molecule has 11 nitrogen and oxygen atoms in total. The number of nitrogens with zero attached hydrogens (tertiary/aromatic N) is 2. The summed E-state index contributed by atoms with van der Waals surface area (Å²) in [5.74, 6) is -1.35. The van der Waals surface area contributed by atoms with Crippen LogP contribution in [0.4, 0.5) is 4.79 Å². The Labute approximate surface area is 281 Å². The average Bonchev–Trinajstić information content (AvgIpc) is 3.77. The summed E-state index contributed by atoms with van der Waals surface area (Å²) in [7, 11) is 0. The highest BCUT2D eigenvalue weighted by Gasteiger charge is 2.72. The van der Waals surface area contributed by atoms with Crippen molar-refractivity contribution >= 4 is 23.9 Å². The van der Waals surface area contributed by atoms with E-state index in [1.54, 1.807) is 32.6 Å². The van der Waals surface area contributed by atoms with Crippen LogP contribution in [0.3, 0.4) is 0 Å². The number of amides is 3. The number of esters is 1. The predicted octanol–water partition coefficient (Wildman–Crippen LogP) is 4.39. The van der Waals surface area contributed by atoms with Crippen LogP contribution in [0.1, 0.15) is 58.1 Å². The zero-order valence-corrected chi connectivity index (χ0v) is 27.9. The zero-order valence-electron chi connectivity index (χ0n) is 27.9. The van der Waals surface area contributed by atoms with Crippen LogP contribution in [0.2, 0.25) is 0 Å². The van der Waals surface area contributed by atoms with Crippen LogP contribution in [-0.2, 0) is 41.8 Å². The molecule has 3 unspecified atom stereocenters. The monoisotopic (exact) mass is 656 g/mol. The molecule has 1 spiro atoms. The Kier molecular flexibility index (Phi) is 9.33. The van der Waals surface area contributed by atoms with Crippen molar-refractivity contribution in [3.8, 4) is 0 Å². The lowest BCUT2D eigenvalue weighted by Gasteiger charge is -2.39. The van der Waals surface area contributed by atoms with Crippen molar-refractivity contribution in [2.45, 2.75) is 89.9 Å². The first-order valence-electron chi connectivity index (χ1n) is 16.6. The Hall–Kier alpha value is -4.64. The molecule has 3 aliphatic heterocycles. The smallest absolute Gasteiger partial charge is 0.408 e. The molecule has 254 valence electrons. The fraction of sp³-hybridized carbons (Fsp3) is 0.459. The molecule has 3 amide bonds. The minimum absolute atomic E-state index is 0.0201. The standard InChI is InChI=1S/C37H44N4O7/c1-24(34(44)47-22-26-13-9-6-10-14-26)38-32(42)29-15-16-37-17-18-40(23-46-21-25-11-7-5-8-12-25)20-27-19-28(39-35(45)48-36(2,3)4)33(43)41(29)31(37)30(27)37/h5-14,17-18,20,24,28-31H,15-16,19,21-23H2,1-4H3,(H,38,42)(H,39,45)/t24-,28+,29+,30?,31?,37?/m1/s1. The first-order valence-corrected chi connectivity index (χ1v) is 16.6. The van der Waals surface area contributed by atoms with Crippen molar-refractivity contribution in [2.75, 3.05) is 6.73 Å². The second-order valence-corrected chi connectivity index (χ2v) is 14.1. The second kappa shape index (κ2) is 13.5. The van der Waals surface area contributed by atoms with E-state index in [2.05, 4.69) is 16.7 Å². The minimum atomic E-state index is -0.941. The largest absolute Gasteiger partial charge is 0.459 e. The third kappa shape index (κ3) is 7.11. The van der Waals surface area contributed by atoms with Gasteiger partial charge in [0.25, 0.3) is 0 Å². The van der Waals surface area contributed by atoms with Crippen LogP contribution < -0.4 is 10.6 Å². The van der Waals surface area contributed by atoms with Crippen molar-refractivity contribution in [1.82, 2.24) is 20.4 Å². The Bertz CT molecular complexity index is 1590. The zero-order chi connectivity index (χ0) is 34.1. The van der Waals surface area contributed by atoms with Crippen LogP contribution in [0, 0.1) is 11.3 Å². The van der Waals surface area contributed by atoms with Gasteiger partial charge >= 0.3 is 12.1 Å². The lowest BCUT2D eigenvalue weighted by Crippen LogP contribution is -2.60. The van der Waals surface area contributed by atoms with Gasteiger partial charge in [-0.15, -0.1) is 0 Å². The SMILES string of the molecule is C[C@@H](NC(=O)[C@@H]1CCC23C=CN(COCc4ccccc4)C=C4C[C@H](NC(=O)OC(C)(C)C)C(=O)N1C2C43)C(=O)OCc1ccccc1. The molecule has 3 heterocycles. The Balaban J connectivity index is 1.19. The summed E-state index contributed by atoms with van der Waals surface area (Å²) >= 11 is 0. The van der Waals surface area contributed by atoms with Gasteiger partial charge in [0.15, 0.2) is 0 Å². The van der Waals surface area contributed by atoms with Crippen LogP contribution in [0.15, 0.2) is 84.7 Å². The number of hydrogen-bond donors (Lipinski definition) is 2. The van der Waals surface area contributed by atoms with E-state index in [4.69, 9.17) is 14.2 Å². The molecule has 3 fully saturated rings. The Morgan fingerprint density at radius 1 is 1.00 bits per heavy atom. The maximum Gasteiger partial charge on any atom is 0.408 e. The topological polar surface area (TPSA) is 127 Å². The molecule has 48 heavy (non-hydrogen) atoms. The minimum Gasteiger partial charge on any atom is -0.459 e. The molecule has 0 aromatic heterocycles. The van der Waals surface area contributed by atoms with E-state index in [9.17, 15) is 19.2 Å². The third-order valence-corrected chi connectivity index (χ3v) is 9.40. The number of rotatable bonds is 10. The average molecular weight is 657 g/mol. The van der Waals surface area contributed by atoms with Crippen molar-refractivity contribution < 1.29 is 33.4 Å². The van der Waals surface area contributed by atoms with Gasteiger partial charge in [0.05, 0.1) is 6.61 Å². The lowest BCUT2D eigenvalue weighted by molar-refractivity contribution is -0.150. The predicted molar refractivity (Wildman–Crippen MR) is 176 cm³/mol. The van der Waals surface area contributed by atoms with Gasteiger partial charge in [-0.3, -0.25) is 9.59 Å². The third-order valence-electron chi connectivity index (χ3n) is 9.40. The molecular formula is C37H44N4O7. The molecule has 11 heteroatoms. The van der Waals surface area contributed by atoms with Crippen LogP contribution >= 0.6 is 0 Å². The number of nitrogens with one attached hydrogen (secondary N) is 2. The number of carbonyl (C=O) groups excluding carboxylic acids is 4. The normalized spacial score (nSPS) is 26.2. The summed E-state index contributed by atoms with van der Waals surface area (Å²) < 4.78 is 17.0. The summed E-state index contributed by atoms with van der Waals surface area (Å²) in [5.41, 5.74) is 1.82. The van der Waals surface area contributed by atoms with E-state index >= 15 is 0 Å². The molecule has 4 aliphatic rings. The maximum absolute atomic E-state index is 14.3. The van der Waals surface area contributed by atoms with Crippen LogP contribution in [0.25, 0.3) is 0 Å². The molecule has 6 rings (SSSR count). The second-order valence-electron chi connectivity index (χ2n) is 14.1. The lowest BCUT2D eigenvalue weighted by atomic mass is 9.86. The summed E-state index contributed by atoms with van der Waals surface area (Å²) in [4.78, 5) is 57.5. The van der Waals surface area contributed by atoms with Crippen LogP contribution in [0.5, 0.6) is 0 Å². The van der Waals surface area contributed by atoms with Gasteiger partial charge in [-0.25, -0.2) is 9.59 Å². The molecule has 1 aliphatic carbocycles. The highest BCUT2D eigenvalue weighted by molar-refractivity contribution is 5.94. The molecule has 0 bridgehead atoms. The fourth-order valence-corrected chi connectivity index (χ4v) is 7.22. The highest BCUT2D eigenvalue weighted by atomic mass is 16.6. The first kappa shape index (κ1) is 33.3. The highest BCUT2D eigenvalue weighted by Crippen LogP contribution is 2.68. The van der Waals surface area contributed by atoms with E-state index in [-0.39, 0.29) is 36.3 Å². The van der Waals surface area contributed by atoms with E-state index in [1.165, 1.54) is 0 Å². The molecule has 2 N–H and O–H groups in total. The van der Waals surface area contributed by atoms with E-state index in [1.807, 2.05) is 78.0 Å². The van der Waals surface area contributed by atoms with Gasteiger partial charge in [-0.1, -0.05) is 66.7 Å².